The number of hydrogen-bond donors (Lipinski definition) is 1. The molecule has 0 aromatic heterocycles. The van der Waals surface area contributed by atoms with Gasteiger partial charge in [0.25, 0.3) is 0 Å². The number of amidine groups is 1. The quantitative estimate of drug-likeness (QED) is 0.907. The van der Waals surface area contributed by atoms with Crippen LogP contribution in [0.15, 0.2) is 35.3 Å². The highest BCUT2D eigenvalue weighted by atomic mass is 32.2. The SMILES string of the molecule is CCC1(C)CCSC(=NC2CC2c2ccccc2)N1. The standard InChI is InChI=1S/C16H22N2S/c1-3-16(2)9-10-19-15(18-16)17-14-11-13(14)12-7-5-4-6-8-12/h4-8,13-14H,3,9-11H2,1-2H3,(H,17,18). The highest BCUT2D eigenvalue weighted by Crippen LogP contribution is 2.44. The molecule has 2 fully saturated rings. The fourth-order valence-corrected chi connectivity index (χ4v) is 3.87. The molecule has 1 saturated heterocycles. The maximum Gasteiger partial charge on any atom is 0.157 e. The Morgan fingerprint density at radius 2 is 2.16 bits per heavy atom. The number of thioether (sulfide) groups is 1. The Labute approximate surface area is 120 Å². The van der Waals surface area contributed by atoms with Crippen LogP contribution in [0.25, 0.3) is 0 Å². The monoisotopic (exact) mass is 274 g/mol. The summed E-state index contributed by atoms with van der Waals surface area (Å²) in [7, 11) is 0. The summed E-state index contributed by atoms with van der Waals surface area (Å²) in [6.07, 6.45) is 3.61. The fourth-order valence-electron chi connectivity index (χ4n) is 2.60. The van der Waals surface area contributed by atoms with E-state index in [9.17, 15) is 0 Å². The second-order valence-electron chi connectivity index (χ2n) is 5.89. The van der Waals surface area contributed by atoms with Crippen molar-refractivity contribution >= 4 is 16.9 Å². The molecule has 3 rings (SSSR count). The van der Waals surface area contributed by atoms with Gasteiger partial charge in [-0.05, 0) is 31.7 Å². The molecule has 0 bridgehead atoms. The summed E-state index contributed by atoms with van der Waals surface area (Å²) in [6, 6.07) is 11.3. The molecule has 3 unspecified atom stereocenters. The third-order valence-corrected chi connectivity index (χ3v) is 5.24. The molecular weight excluding hydrogens is 252 g/mol. The molecule has 2 aliphatic rings. The predicted molar refractivity (Wildman–Crippen MR) is 83.9 cm³/mol. The zero-order chi connectivity index (χ0) is 13.3. The Bertz CT molecular complexity index is 471. The van der Waals surface area contributed by atoms with Gasteiger partial charge in [0, 0.05) is 17.2 Å². The van der Waals surface area contributed by atoms with Crippen molar-refractivity contribution in [3.63, 3.8) is 0 Å². The normalized spacial score (nSPS) is 36.0. The Kier molecular flexibility index (Phi) is 3.57. The lowest BCUT2D eigenvalue weighted by Crippen LogP contribution is -2.48. The summed E-state index contributed by atoms with van der Waals surface area (Å²) >= 11 is 1.89. The van der Waals surface area contributed by atoms with Gasteiger partial charge in [0.2, 0.25) is 0 Å². The van der Waals surface area contributed by atoms with Crippen LogP contribution in [0.3, 0.4) is 0 Å². The van der Waals surface area contributed by atoms with E-state index < -0.39 is 0 Å². The summed E-state index contributed by atoms with van der Waals surface area (Å²) in [4.78, 5) is 4.92. The van der Waals surface area contributed by atoms with E-state index in [0.29, 0.717) is 12.0 Å². The molecule has 1 aliphatic carbocycles. The zero-order valence-corrected chi connectivity index (χ0v) is 12.5. The summed E-state index contributed by atoms with van der Waals surface area (Å²) in [5, 5.41) is 4.80. The highest BCUT2D eigenvalue weighted by Gasteiger charge is 2.39. The minimum Gasteiger partial charge on any atom is -0.360 e. The van der Waals surface area contributed by atoms with Crippen molar-refractivity contribution in [2.75, 3.05) is 5.75 Å². The van der Waals surface area contributed by atoms with Crippen LogP contribution in [0.4, 0.5) is 0 Å². The van der Waals surface area contributed by atoms with E-state index in [1.54, 1.807) is 0 Å². The van der Waals surface area contributed by atoms with Crippen molar-refractivity contribution in [2.24, 2.45) is 4.99 Å². The van der Waals surface area contributed by atoms with Gasteiger partial charge in [-0.1, -0.05) is 49.0 Å². The number of rotatable bonds is 3. The molecule has 0 radical (unpaired) electrons. The van der Waals surface area contributed by atoms with Gasteiger partial charge < -0.3 is 5.32 Å². The first-order valence-electron chi connectivity index (χ1n) is 7.24. The first-order valence-corrected chi connectivity index (χ1v) is 8.22. The van der Waals surface area contributed by atoms with E-state index in [-0.39, 0.29) is 5.54 Å². The van der Waals surface area contributed by atoms with Crippen LogP contribution >= 0.6 is 11.8 Å². The average Bonchev–Trinajstić information content (AvgIpc) is 3.19. The number of nitrogens with zero attached hydrogens (tertiary/aromatic N) is 1. The first kappa shape index (κ1) is 13.0. The van der Waals surface area contributed by atoms with Gasteiger partial charge in [0.15, 0.2) is 5.17 Å². The van der Waals surface area contributed by atoms with Crippen molar-refractivity contribution in [1.29, 1.82) is 0 Å². The molecule has 19 heavy (non-hydrogen) atoms. The Morgan fingerprint density at radius 3 is 2.89 bits per heavy atom. The lowest BCUT2D eigenvalue weighted by Gasteiger charge is -2.35. The minimum absolute atomic E-state index is 0.251. The van der Waals surface area contributed by atoms with Crippen LogP contribution in [0.2, 0.25) is 0 Å². The molecule has 0 spiro atoms. The third kappa shape index (κ3) is 2.97. The fraction of sp³-hybridized carbons (Fsp3) is 0.562. The third-order valence-electron chi connectivity index (χ3n) is 4.35. The number of hydrogen-bond acceptors (Lipinski definition) is 2. The highest BCUT2D eigenvalue weighted by molar-refractivity contribution is 8.13. The topological polar surface area (TPSA) is 24.4 Å². The van der Waals surface area contributed by atoms with E-state index in [4.69, 9.17) is 4.99 Å². The van der Waals surface area contributed by atoms with Gasteiger partial charge in [-0.25, -0.2) is 0 Å². The van der Waals surface area contributed by atoms with E-state index in [1.165, 1.54) is 35.7 Å². The molecule has 102 valence electrons. The largest absolute Gasteiger partial charge is 0.360 e. The molecule has 2 nitrogen and oxygen atoms in total. The molecule has 1 heterocycles. The van der Waals surface area contributed by atoms with Gasteiger partial charge in [-0.15, -0.1) is 0 Å². The van der Waals surface area contributed by atoms with Crippen molar-refractivity contribution in [3.05, 3.63) is 35.9 Å². The predicted octanol–water partition coefficient (Wildman–Crippen LogP) is 3.79. The van der Waals surface area contributed by atoms with Crippen molar-refractivity contribution in [2.45, 2.75) is 50.6 Å². The van der Waals surface area contributed by atoms with Crippen molar-refractivity contribution in [1.82, 2.24) is 5.32 Å². The zero-order valence-electron chi connectivity index (χ0n) is 11.7. The Hall–Kier alpha value is -0.960. The average molecular weight is 274 g/mol. The van der Waals surface area contributed by atoms with Crippen molar-refractivity contribution in [3.8, 4) is 0 Å². The molecule has 1 saturated carbocycles. The maximum atomic E-state index is 4.92. The summed E-state index contributed by atoms with van der Waals surface area (Å²) in [6.45, 7) is 4.56. The van der Waals surface area contributed by atoms with Crippen LogP contribution in [0.1, 0.15) is 44.6 Å². The lowest BCUT2D eigenvalue weighted by molar-refractivity contribution is 0.390. The van der Waals surface area contributed by atoms with Crippen molar-refractivity contribution < 1.29 is 0 Å². The number of aliphatic imine (C=N–C) groups is 1. The van der Waals surface area contributed by atoms with Crippen LogP contribution in [-0.2, 0) is 0 Å². The van der Waals surface area contributed by atoms with E-state index in [1.807, 2.05) is 11.8 Å². The van der Waals surface area contributed by atoms with Gasteiger partial charge in [-0.2, -0.15) is 0 Å². The van der Waals surface area contributed by atoms with E-state index >= 15 is 0 Å². The molecular formula is C16H22N2S. The maximum absolute atomic E-state index is 4.92. The van der Waals surface area contributed by atoms with E-state index in [0.717, 1.165) is 0 Å². The molecule has 1 aromatic carbocycles. The Balaban J connectivity index is 1.65. The van der Waals surface area contributed by atoms with Crippen LogP contribution in [0, 0.1) is 0 Å². The molecule has 1 N–H and O–H groups in total. The lowest BCUT2D eigenvalue weighted by atomic mass is 9.96. The molecule has 1 aromatic rings. The van der Waals surface area contributed by atoms with Crippen LogP contribution < -0.4 is 5.32 Å². The first-order chi connectivity index (χ1) is 9.20. The molecule has 1 aliphatic heterocycles. The second-order valence-corrected chi connectivity index (χ2v) is 6.98. The summed E-state index contributed by atoms with van der Waals surface area (Å²) < 4.78 is 0. The van der Waals surface area contributed by atoms with E-state index in [2.05, 4.69) is 49.5 Å². The van der Waals surface area contributed by atoms with Gasteiger partial charge in [0.1, 0.15) is 0 Å². The molecule has 3 heteroatoms. The van der Waals surface area contributed by atoms with Gasteiger partial charge in [0.05, 0.1) is 6.04 Å². The number of nitrogens with one attached hydrogen (secondary N) is 1. The Morgan fingerprint density at radius 1 is 1.37 bits per heavy atom. The minimum atomic E-state index is 0.251. The van der Waals surface area contributed by atoms with Gasteiger partial charge >= 0.3 is 0 Å². The smallest absolute Gasteiger partial charge is 0.157 e. The number of benzene rings is 1. The second kappa shape index (κ2) is 5.20. The molecule has 0 amide bonds. The van der Waals surface area contributed by atoms with Crippen LogP contribution in [0.5, 0.6) is 0 Å². The van der Waals surface area contributed by atoms with Gasteiger partial charge in [-0.3, -0.25) is 4.99 Å². The molecule has 3 atom stereocenters. The summed E-state index contributed by atoms with van der Waals surface area (Å²) in [5.41, 5.74) is 1.69. The van der Waals surface area contributed by atoms with Crippen LogP contribution in [-0.4, -0.2) is 22.5 Å². The summed E-state index contributed by atoms with van der Waals surface area (Å²) in [5.74, 6) is 1.84.